The van der Waals surface area contributed by atoms with Gasteiger partial charge < -0.3 is 30.3 Å². The third-order valence-electron chi connectivity index (χ3n) is 7.15. The van der Waals surface area contributed by atoms with Gasteiger partial charge in [0, 0.05) is 31.5 Å². The first kappa shape index (κ1) is 32.5. The number of carbonyl (C=O) groups excluding carboxylic acids is 4. The van der Waals surface area contributed by atoms with Crippen molar-refractivity contribution in [2.45, 2.75) is 38.0 Å². The van der Waals surface area contributed by atoms with Crippen LogP contribution in [0.25, 0.3) is 0 Å². The fraction of sp³-hybridized carbons (Fsp3) is 0.333. The Morgan fingerprint density at radius 3 is 2.52 bits per heavy atom. The van der Waals surface area contributed by atoms with Gasteiger partial charge in [-0.2, -0.15) is 0 Å². The lowest BCUT2D eigenvalue weighted by molar-refractivity contribution is -0.135. The number of halogens is 1. The quantitative estimate of drug-likeness (QED) is 0.332. The summed E-state index contributed by atoms with van der Waals surface area (Å²) >= 11 is 6.17. The molecule has 1 aliphatic heterocycles. The zero-order valence-corrected chi connectivity index (χ0v) is 25.3. The van der Waals surface area contributed by atoms with Gasteiger partial charge in [-0.25, -0.2) is 0 Å². The van der Waals surface area contributed by atoms with Crippen molar-refractivity contribution in [1.82, 2.24) is 20.9 Å². The summed E-state index contributed by atoms with van der Waals surface area (Å²) in [7, 11) is 1.64. The van der Waals surface area contributed by atoms with Crippen LogP contribution in [0.2, 0.25) is 5.02 Å². The summed E-state index contributed by atoms with van der Waals surface area (Å²) in [4.78, 5) is 54.5. The largest absolute Gasteiger partial charge is 0.491 e. The molecule has 0 spiro atoms. The zero-order chi connectivity index (χ0) is 31.3. The number of amides is 4. The molecule has 0 fully saturated rings. The molecule has 232 valence electrons. The Morgan fingerprint density at radius 1 is 1.00 bits per heavy atom. The molecular formula is C33H37ClN4O6. The highest BCUT2D eigenvalue weighted by atomic mass is 35.5. The van der Waals surface area contributed by atoms with Crippen LogP contribution in [0.5, 0.6) is 5.75 Å². The van der Waals surface area contributed by atoms with Crippen LogP contribution in [0.4, 0.5) is 0 Å². The molecule has 11 heteroatoms. The molecule has 0 saturated carbocycles. The van der Waals surface area contributed by atoms with E-state index in [4.69, 9.17) is 21.1 Å². The Kier molecular flexibility index (Phi) is 12.1. The van der Waals surface area contributed by atoms with E-state index in [1.807, 2.05) is 48.5 Å². The van der Waals surface area contributed by atoms with Gasteiger partial charge in [0.2, 0.25) is 17.7 Å². The van der Waals surface area contributed by atoms with Gasteiger partial charge in [0.05, 0.1) is 25.3 Å². The predicted octanol–water partition coefficient (Wildman–Crippen LogP) is 3.13. The molecule has 3 N–H and O–H groups in total. The van der Waals surface area contributed by atoms with Crippen molar-refractivity contribution in [3.63, 3.8) is 0 Å². The molecule has 0 aromatic heterocycles. The summed E-state index contributed by atoms with van der Waals surface area (Å²) in [5, 5.41) is 8.97. The lowest BCUT2D eigenvalue weighted by atomic mass is 10.0. The van der Waals surface area contributed by atoms with E-state index in [0.29, 0.717) is 17.2 Å². The molecule has 44 heavy (non-hydrogen) atoms. The van der Waals surface area contributed by atoms with Crippen molar-refractivity contribution in [2.75, 3.05) is 33.4 Å². The highest BCUT2D eigenvalue weighted by molar-refractivity contribution is 6.31. The van der Waals surface area contributed by atoms with Crippen LogP contribution < -0.4 is 20.7 Å². The molecule has 4 rings (SSSR count). The Hall–Kier alpha value is -4.41. The molecule has 3 aromatic rings. The second-order valence-corrected chi connectivity index (χ2v) is 10.8. The summed E-state index contributed by atoms with van der Waals surface area (Å²) in [6.07, 6.45) is 0.213. The number of para-hydroxylation sites is 1. The van der Waals surface area contributed by atoms with E-state index in [2.05, 4.69) is 16.0 Å². The van der Waals surface area contributed by atoms with E-state index < -0.39 is 29.8 Å². The Morgan fingerprint density at radius 2 is 1.73 bits per heavy atom. The number of hydrogen-bond acceptors (Lipinski definition) is 6. The van der Waals surface area contributed by atoms with Gasteiger partial charge in [-0.15, -0.1) is 0 Å². The van der Waals surface area contributed by atoms with Gasteiger partial charge in [0.25, 0.3) is 5.91 Å². The monoisotopic (exact) mass is 620 g/mol. The number of nitrogens with zero attached hydrogens (tertiary/aromatic N) is 1. The minimum absolute atomic E-state index is 0.00893. The van der Waals surface area contributed by atoms with Gasteiger partial charge in [-0.1, -0.05) is 72.3 Å². The first-order valence-electron chi connectivity index (χ1n) is 14.5. The average Bonchev–Trinajstić information content (AvgIpc) is 3.03. The topological polar surface area (TPSA) is 126 Å². The molecule has 1 heterocycles. The summed E-state index contributed by atoms with van der Waals surface area (Å²) in [5.74, 6) is -1.34. The van der Waals surface area contributed by atoms with Crippen LogP contribution in [-0.4, -0.2) is 74.0 Å². The van der Waals surface area contributed by atoms with E-state index in [1.54, 1.807) is 37.4 Å². The summed E-state index contributed by atoms with van der Waals surface area (Å²) in [6.45, 7) is 1.04. The van der Waals surface area contributed by atoms with Gasteiger partial charge in [0.1, 0.15) is 24.4 Å². The zero-order valence-electron chi connectivity index (χ0n) is 24.6. The minimum Gasteiger partial charge on any atom is -0.491 e. The highest BCUT2D eigenvalue weighted by Crippen LogP contribution is 2.19. The molecule has 0 bridgehead atoms. The van der Waals surface area contributed by atoms with Crippen molar-refractivity contribution in [2.24, 2.45) is 0 Å². The maximum atomic E-state index is 13.4. The van der Waals surface area contributed by atoms with E-state index in [0.717, 1.165) is 11.1 Å². The maximum absolute atomic E-state index is 13.4. The number of ether oxygens (including phenoxy) is 2. The van der Waals surface area contributed by atoms with Crippen LogP contribution in [0.1, 0.15) is 34.3 Å². The number of hydrogen-bond donors (Lipinski definition) is 3. The summed E-state index contributed by atoms with van der Waals surface area (Å²) in [6, 6.07) is 21.6. The number of rotatable bonds is 8. The van der Waals surface area contributed by atoms with Crippen molar-refractivity contribution >= 4 is 35.2 Å². The van der Waals surface area contributed by atoms with E-state index in [1.165, 1.54) is 4.90 Å². The lowest BCUT2D eigenvalue weighted by Crippen LogP contribution is -2.50. The number of benzene rings is 3. The number of nitrogens with one attached hydrogen (secondary N) is 3. The van der Waals surface area contributed by atoms with Crippen molar-refractivity contribution in [1.29, 1.82) is 0 Å². The lowest BCUT2D eigenvalue weighted by Gasteiger charge is -2.25. The molecule has 1 aliphatic rings. The number of fused-ring (bicyclic) bond motifs is 1. The van der Waals surface area contributed by atoms with Gasteiger partial charge in [0.15, 0.2) is 0 Å². The van der Waals surface area contributed by atoms with Crippen LogP contribution in [0, 0.1) is 0 Å². The van der Waals surface area contributed by atoms with Gasteiger partial charge in [-0.3, -0.25) is 19.2 Å². The second-order valence-electron chi connectivity index (χ2n) is 10.4. The Bertz CT molecular complexity index is 1440. The number of carbonyl (C=O) groups is 4. The van der Waals surface area contributed by atoms with Crippen LogP contribution in [0.3, 0.4) is 0 Å². The smallest absolute Gasteiger partial charge is 0.255 e. The fourth-order valence-electron chi connectivity index (χ4n) is 4.71. The van der Waals surface area contributed by atoms with E-state index in [-0.39, 0.29) is 57.2 Å². The molecule has 0 saturated heterocycles. The van der Waals surface area contributed by atoms with Crippen molar-refractivity contribution in [3.8, 4) is 5.75 Å². The SMILES string of the molecule is CN1CCOc2ccccc2C(=O)N[C@H](C(=O)NCCOCc2ccccc2Cl)CCC(=O)N[C@H](Cc2ccccc2)C1=O. The first-order valence-corrected chi connectivity index (χ1v) is 14.9. The summed E-state index contributed by atoms with van der Waals surface area (Å²) < 4.78 is 11.5. The predicted molar refractivity (Wildman–Crippen MR) is 166 cm³/mol. The van der Waals surface area contributed by atoms with Gasteiger partial charge >= 0.3 is 0 Å². The molecule has 10 nitrogen and oxygen atoms in total. The van der Waals surface area contributed by atoms with Crippen molar-refractivity contribution < 1.29 is 28.7 Å². The first-order chi connectivity index (χ1) is 21.3. The average molecular weight is 621 g/mol. The minimum atomic E-state index is -1.03. The Balaban J connectivity index is 1.46. The molecule has 4 amide bonds. The fourth-order valence-corrected chi connectivity index (χ4v) is 4.90. The molecule has 0 unspecified atom stereocenters. The maximum Gasteiger partial charge on any atom is 0.255 e. The summed E-state index contributed by atoms with van der Waals surface area (Å²) in [5.41, 5.74) is 1.96. The van der Waals surface area contributed by atoms with Gasteiger partial charge in [-0.05, 0) is 35.7 Å². The molecule has 0 radical (unpaired) electrons. The normalized spacial score (nSPS) is 18.1. The third-order valence-corrected chi connectivity index (χ3v) is 7.52. The van der Waals surface area contributed by atoms with E-state index in [9.17, 15) is 19.2 Å². The number of likely N-dealkylation sites (N-methyl/N-ethyl adjacent to an activating group) is 1. The van der Waals surface area contributed by atoms with E-state index >= 15 is 0 Å². The Labute approximate surface area is 262 Å². The van der Waals surface area contributed by atoms with Crippen molar-refractivity contribution in [3.05, 3.63) is 101 Å². The second kappa shape index (κ2) is 16.4. The third kappa shape index (κ3) is 9.55. The van der Waals surface area contributed by atoms with Crippen LogP contribution >= 0.6 is 11.6 Å². The molecule has 3 aromatic carbocycles. The van der Waals surface area contributed by atoms with Crippen LogP contribution in [-0.2, 0) is 32.1 Å². The standard InChI is InChI=1S/C33H37ClN4O6/c1-38-18-20-44-29-14-8-6-12-25(29)31(40)37-27(32(41)35-17-19-43-22-24-11-5-7-13-26(24)34)15-16-30(39)36-28(33(38)42)21-23-9-3-2-4-10-23/h2-14,27-28H,15-22H2,1H3,(H,35,41)(H,36,39)(H,37,40)/t27-,28+/m0/s1. The molecule has 2 atom stereocenters. The highest BCUT2D eigenvalue weighted by Gasteiger charge is 2.28. The molecular weight excluding hydrogens is 584 g/mol. The molecule has 0 aliphatic carbocycles. The van der Waals surface area contributed by atoms with Crippen LogP contribution in [0.15, 0.2) is 78.9 Å².